The summed E-state index contributed by atoms with van der Waals surface area (Å²) in [5.41, 5.74) is -1.78. The Balaban J connectivity index is 0.639. The van der Waals surface area contributed by atoms with Crippen LogP contribution in [-0.2, 0) is 80.6 Å². The van der Waals surface area contributed by atoms with E-state index < -0.39 is 295 Å². The van der Waals surface area contributed by atoms with Gasteiger partial charge < -0.3 is 188 Å². The average molecular weight is 1660 g/mol. The molecule has 39 nitrogen and oxygen atoms in total. The fraction of sp³-hybridized carbons (Fsp3) is 0.961. The Bertz CT molecular complexity index is 3290. The number of allylic oxidation sites excluding steroid dienone is 2. The molecule has 13 rings (SSSR count). The lowest BCUT2D eigenvalue weighted by atomic mass is 9.33. The first-order chi connectivity index (χ1) is 54.0. The van der Waals surface area contributed by atoms with Crippen molar-refractivity contribution in [1.29, 1.82) is 0 Å². The van der Waals surface area contributed by atoms with Crippen molar-refractivity contribution in [2.45, 2.75) is 366 Å². The topological polar surface area (TPSA) is 610 Å². The molecule has 0 bridgehead atoms. The Hall–Kier alpha value is -2.27. The van der Waals surface area contributed by atoms with E-state index in [1.165, 1.54) is 13.8 Å². The molecular weight excluding hydrogens is 1540 g/mol. The molecule has 0 amide bonds. The van der Waals surface area contributed by atoms with E-state index in [0.717, 1.165) is 18.4 Å². The van der Waals surface area contributed by atoms with E-state index in [9.17, 15) is 112 Å². The number of carbonyl (C=O) groups excluding carboxylic acids is 1. The van der Waals surface area contributed by atoms with Crippen LogP contribution in [0.2, 0.25) is 0 Å². The summed E-state index contributed by atoms with van der Waals surface area (Å²) in [4.78, 5) is 15.4. The van der Waals surface area contributed by atoms with Gasteiger partial charge in [0, 0.05) is 0 Å². The van der Waals surface area contributed by atoms with E-state index in [2.05, 4.69) is 54.5 Å². The zero-order chi connectivity index (χ0) is 83.7. The van der Waals surface area contributed by atoms with E-state index in [4.69, 9.17) is 75.8 Å². The van der Waals surface area contributed by atoms with Crippen LogP contribution in [0.25, 0.3) is 0 Å². The third-order valence-electron chi connectivity index (χ3n) is 29.0. The lowest BCUT2D eigenvalue weighted by Gasteiger charge is -2.71. The summed E-state index contributed by atoms with van der Waals surface area (Å²) in [5, 5.41) is 240. The van der Waals surface area contributed by atoms with Crippen molar-refractivity contribution in [1.82, 2.24) is 0 Å². The van der Waals surface area contributed by atoms with Gasteiger partial charge in [-0.2, -0.15) is 0 Å². The molecule has 0 spiro atoms. The van der Waals surface area contributed by atoms with Gasteiger partial charge in [0.1, 0.15) is 171 Å². The summed E-state index contributed by atoms with van der Waals surface area (Å²) in [6.45, 7) is 14.6. The second-order valence-electron chi connectivity index (χ2n) is 36.7. The number of ether oxygens (including phenoxy) is 16. The van der Waals surface area contributed by atoms with E-state index in [1.54, 1.807) is 0 Å². The SMILES string of the molecule is CC1OC(OC2C(CO)OC(OCC3OC(OC(=O)C45CCC(C)(C)CC4C4=CCC6C7(C)CCC(OC8OCC(O)C(O)C8OC8OC(C)C(O)C(OC9OCC(OC%10OC(COC%11OC(CO)C(O)C(O)C%11O)C(O)C(O)C%10O)C(O)C9O)C8O)C(C)(C)C7CCC6(C)C4(C)CC5)C(O)C(O)C3O)C(O)C2O)C(O)C(O)C1O. The zero-order valence-electron chi connectivity index (χ0n) is 65.9. The molecule has 39 heteroatoms. The van der Waals surface area contributed by atoms with Crippen LogP contribution in [0.3, 0.4) is 0 Å². The Kier molecular flexibility index (Phi) is 27.3. The van der Waals surface area contributed by atoms with Gasteiger partial charge in [0.05, 0.1) is 63.4 Å². The van der Waals surface area contributed by atoms with Gasteiger partial charge in [0.2, 0.25) is 6.29 Å². The number of carbonyl (C=O) groups is 1. The molecular formula is C76H124O39. The van der Waals surface area contributed by atoms with Gasteiger partial charge in [0.25, 0.3) is 0 Å². The van der Waals surface area contributed by atoms with Crippen molar-refractivity contribution in [2.24, 2.45) is 50.2 Å². The van der Waals surface area contributed by atoms with Gasteiger partial charge in [-0.15, -0.1) is 0 Å². The lowest BCUT2D eigenvalue weighted by Crippen LogP contribution is -2.66. The van der Waals surface area contributed by atoms with E-state index in [-0.39, 0.29) is 40.6 Å². The minimum Gasteiger partial charge on any atom is -0.432 e. The molecule has 8 saturated heterocycles. The number of aliphatic hydroxyl groups is 22. The maximum Gasteiger partial charge on any atom is 0.315 e. The first-order valence-corrected chi connectivity index (χ1v) is 40.4. The Labute approximate surface area is 664 Å². The maximum atomic E-state index is 15.4. The van der Waals surface area contributed by atoms with Crippen LogP contribution in [0.1, 0.15) is 127 Å². The molecule has 0 radical (unpaired) electrons. The fourth-order valence-electron chi connectivity index (χ4n) is 21.5. The summed E-state index contributed by atoms with van der Waals surface area (Å²) >= 11 is 0. The monoisotopic (exact) mass is 1660 g/mol. The highest BCUT2D eigenvalue weighted by atomic mass is 16.8. The third-order valence-corrected chi connectivity index (χ3v) is 29.0. The van der Waals surface area contributed by atoms with Gasteiger partial charge in [0.15, 0.2) is 44.0 Å². The fourth-order valence-corrected chi connectivity index (χ4v) is 21.5. The van der Waals surface area contributed by atoms with Crippen LogP contribution in [-0.4, -0.2) is 397 Å². The highest BCUT2D eigenvalue weighted by Gasteiger charge is 2.71. The molecule has 0 aromatic heterocycles. The number of rotatable bonds is 20. The first kappa shape index (κ1) is 90.5. The van der Waals surface area contributed by atoms with Crippen LogP contribution in [0.4, 0.5) is 0 Å². The van der Waals surface area contributed by atoms with E-state index >= 15 is 4.79 Å². The van der Waals surface area contributed by atoms with Crippen LogP contribution in [0, 0.1) is 50.2 Å². The Morgan fingerprint density at radius 1 is 0.417 bits per heavy atom. The number of aliphatic hydroxyl groups excluding tert-OH is 22. The van der Waals surface area contributed by atoms with Crippen molar-refractivity contribution in [2.75, 3.05) is 39.6 Å². The Morgan fingerprint density at radius 3 is 1.54 bits per heavy atom. The molecule has 22 N–H and O–H groups in total. The van der Waals surface area contributed by atoms with Gasteiger partial charge in [-0.1, -0.05) is 60.1 Å². The molecule has 5 aliphatic carbocycles. The molecule has 8 heterocycles. The summed E-state index contributed by atoms with van der Waals surface area (Å²) in [6, 6.07) is 0. The molecule has 12 fully saturated rings. The van der Waals surface area contributed by atoms with Crippen LogP contribution < -0.4 is 0 Å². The number of esters is 1. The maximum absolute atomic E-state index is 15.4. The second kappa shape index (κ2) is 34.7. The first-order valence-electron chi connectivity index (χ1n) is 40.4. The predicted molar refractivity (Wildman–Crippen MR) is 379 cm³/mol. The number of hydrogen-bond acceptors (Lipinski definition) is 39. The predicted octanol–water partition coefficient (Wildman–Crippen LogP) is -7.41. The molecule has 13 aliphatic rings. The molecule has 0 aromatic rings. The largest absolute Gasteiger partial charge is 0.432 e. The summed E-state index contributed by atoms with van der Waals surface area (Å²) < 4.78 is 94.6. The standard InChI is InChI=1S/C76H124O39/c1-27-40(80)47(87)54(94)65(104-27)112-59-33(22-78)107-63(57(97)51(59)91)102-25-35-45(85)50(90)56(96)67(110-35)115-70(99)76-18-16-71(3,4)20-30(76)29-10-11-38-73(7)14-13-39(72(5,6)37(73)12-15-75(38,9)74(29,8)17-19-76)111-69-61(42(82)31(79)23-100-69)114-68-58(98)60(41(81)28(2)105-68)113-64-52(92)46(86)36(26-103-64)109-66-55(95)49(89)44(84)34(108-66)24-101-62-53(93)48(88)43(83)32(21-77)106-62/h10,27-28,30-69,77-98H,11-26H2,1-9H3. The molecule has 8 aliphatic heterocycles. The minimum atomic E-state index is -2.02. The molecule has 4 saturated carbocycles. The quantitative estimate of drug-likeness (QED) is 0.0306. The van der Waals surface area contributed by atoms with Gasteiger partial charge in [-0.3, -0.25) is 4.79 Å². The van der Waals surface area contributed by atoms with Crippen molar-refractivity contribution in [3.8, 4) is 0 Å². The van der Waals surface area contributed by atoms with Crippen LogP contribution in [0.5, 0.6) is 0 Å². The summed E-state index contributed by atoms with van der Waals surface area (Å²) in [6.07, 6.45) is -56.4. The zero-order valence-corrected chi connectivity index (χ0v) is 65.9. The van der Waals surface area contributed by atoms with Crippen LogP contribution in [0.15, 0.2) is 11.6 Å². The van der Waals surface area contributed by atoms with Gasteiger partial charge in [-0.25, -0.2) is 0 Å². The highest BCUT2D eigenvalue weighted by molar-refractivity contribution is 5.79. The minimum absolute atomic E-state index is 0.0422. The lowest BCUT2D eigenvalue weighted by molar-refractivity contribution is -0.383. The third kappa shape index (κ3) is 16.4. The number of fused-ring (bicyclic) bond motifs is 7. The molecule has 46 atom stereocenters. The van der Waals surface area contributed by atoms with E-state index in [0.29, 0.717) is 51.4 Å². The summed E-state index contributed by atoms with van der Waals surface area (Å²) in [5.74, 6) is -0.804. The van der Waals surface area contributed by atoms with Crippen molar-refractivity contribution >= 4 is 5.97 Å². The average Bonchev–Trinajstić information content (AvgIpc) is 0.673. The van der Waals surface area contributed by atoms with Crippen molar-refractivity contribution in [3.63, 3.8) is 0 Å². The van der Waals surface area contributed by atoms with Crippen molar-refractivity contribution < 1.29 is 193 Å². The molecule has 662 valence electrons. The highest BCUT2D eigenvalue weighted by Crippen LogP contribution is 2.76. The number of hydrogen-bond donors (Lipinski definition) is 22. The molecule has 115 heavy (non-hydrogen) atoms. The Morgan fingerprint density at radius 2 is 0.913 bits per heavy atom. The van der Waals surface area contributed by atoms with Gasteiger partial charge in [-0.05, 0) is 123 Å². The van der Waals surface area contributed by atoms with Crippen molar-refractivity contribution in [3.05, 3.63) is 11.6 Å². The van der Waals surface area contributed by atoms with Gasteiger partial charge >= 0.3 is 5.97 Å². The normalized spacial score (nSPS) is 54.6. The second-order valence-corrected chi connectivity index (χ2v) is 36.7. The smallest absolute Gasteiger partial charge is 0.315 e. The summed E-state index contributed by atoms with van der Waals surface area (Å²) in [7, 11) is 0. The van der Waals surface area contributed by atoms with Crippen LogP contribution >= 0.6 is 0 Å². The molecule has 0 aromatic carbocycles. The van der Waals surface area contributed by atoms with E-state index in [1.807, 2.05) is 0 Å². The molecule has 46 unspecified atom stereocenters.